The van der Waals surface area contributed by atoms with Crippen LogP contribution in [0.25, 0.3) is 0 Å². The average molecular weight is 446 g/mol. The van der Waals surface area contributed by atoms with E-state index in [4.69, 9.17) is 9.84 Å². The Kier molecular flexibility index (Phi) is 7.75. The van der Waals surface area contributed by atoms with Crippen molar-refractivity contribution in [3.63, 3.8) is 0 Å². The smallest absolute Gasteiger partial charge is 0.306 e. The maximum Gasteiger partial charge on any atom is 0.306 e. The molecule has 0 radical (unpaired) electrons. The standard InChI is InChI=1S/C23H24F2N2O5/c24-19-10-5-16(13-20(19)25)22(29)27-12-11-26-21(28)14-1-6-17(7-2-14)32-18-8-3-15(4-9-18)23(30)31/h1-2,5-7,10,13,15,18H,3-4,8-9,11-12H2,(H,26,28)(H,27,29)(H,30,31). The fourth-order valence-corrected chi connectivity index (χ4v) is 3.50. The van der Waals surface area contributed by atoms with Gasteiger partial charge in [0.2, 0.25) is 0 Å². The summed E-state index contributed by atoms with van der Waals surface area (Å²) in [6.45, 7) is 0.267. The number of carboxylic acids is 1. The first-order valence-electron chi connectivity index (χ1n) is 10.3. The van der Waals surface area contributed by atoms with Gasteiger partial charge in [0.05, 0.1) is 12.0 Å². The van der Waals surface area contributed by atoms with Crippen molar-refractivity contribution in [1.29, 1.82) is 0 Å². The zero-order chi connectivity index (χ0) is 23.1. The number of halogens is 2. The van der Waals surface area contributed by atoms with E-state index < -0.39 is 23.5 Å². The molecular formula is C23H24F2N2O5. The zero-order valence-electron chi connectivity index (χ0n) is 17.3. The molecule has 7 nitrogen and oxygen atoms in total. The normalized spacial score (nSPS) is 17.9. The number of carbonyl (C=O) groups excluding carboxylic acids is 2. The van der Waals surface area contributed by atoms with E-state index in [1.165, 1.54) is 6.07 Å². The summed E-state index contributed by atoms with van der Waals surface area (Å²) in [4.78, 5) is 35.2. The highest BCUT2D eigenvalue weighted by Gasteiger charge is 2.26. The lowest BCUT2D eigenvalue weighted by molar-refractivity contribution is -0.143. The SMILES string of the molecule is O=C(NCCNC(=O)c1ccc(F)c(F)c1)c1ccc(OC2CCC(C(=O)O)CC2)cc1. The van der Waals surface area contributed by atoms with Gasteiger partial charge in [0.1, 0.15) is 5.75 Å². The minimum Gasteiger partial charge on any atom is -0.490 e. The number of aliphatic carboxylic acids is 1. The lowest BCUT2D eigenvalue weighted by Gasteiger charge is -2.26. The van der Waals surface area contributed by atoms with Gasteiger partial charge in [-0.1, -0.05) is 0 Å². The second-order valence-electron chi connectivity index (χ2n) is 7.59. The highest BCUT2D eigenvalue weighted by Crippen LogP contribution is 2.28. The highest BCUT2D eigenvalue weighted by atomic mass is 19.2. The van der Waals surface area contributed by atoms with Gasteiger partial charge in [-0.25, -0.2) is 8.78 Å². The number of carboxylic acid groups (broad SMARTS) is 1. The van der Waals surface area contributed by atoms with Crippen LogP contribution in [0.5, 0.6) is 5.75 Å². The van der Waals surface area contributed by atoms with Gasteiger partial charge in [0.25, 0.3) is 11.8 Å². The summed E-state index contributed by atoms with van der Waals surface area (Å²) in [6, 6.07) is 9.46. The molecule has 0 atom stereocenters. The number of carbonyl (C=O) groups is 3. The molecule has 2 amide bonds. The molecule has 170 valence electrons. The van der Waals surface area contributed by atoms with Crippen LogP contribution in [0.2, 0.25) is 0 Å². The van der Waals surface area contributed by atoms with Gasteiger partial charge < -0.3 is 20.5 Å². The van der Waals surface area contributed by atoms with E-state index in [1.54, 1.807) is 24.3 Å². The Morgan fingerprint density at radius 2 is 1.41 bits per heavy atom. The number of amides is 2. The molecule has 2 aromatic carbocycles. The van der Waals surface area contributed by atoms with Gasteiger partial charge in [-0.15, -0.1) is 0 Å². The largest absolute Gasteiger partial charge is 0.490 e. The minimum atomic E-state index is -1.11. The van der Waals surface area contributed by atoms with E-state index in [1.807, 2.05) is 0 Å². The Morgan fingerprint density at radius 3 is 1.97 bits per heavy atom. The second-order valence-corrected chi connectivity index (χ2v) is 7.59. The Balaban J connectivity index is 1.39. The molecule has 0 unspecified atom stereocenters. The molecule has 0 saturated heterocycles. The van der Waals surface area contributed by atoms with Crippen LogP contribution in [0.3, 0.4) is 0 Å². The summed E-state index contributed by atoms with van der Waals surface area (Å²) >= 11 is 0. The number of hydrogen-bond acceptors (Lipinski definition) is 4. The molecule has 0 spiro atoms. The van der Waals surface area contributed by atoms with Gasteiger partial charge in [-0.2, -0.15) is 0 Å². The van der Waals surface area contributed by atoms with Gasteiger partial charge in [-0.3, -0.25) is 14.4 Å². The van der Waals surface area contributed by atoms with E-state index >= 15 is 0 Å². The summed E-state index contributed by atoms with van der Waals surface area (Å²) < 4.78 is 32.0. The molecule has 1 aliphatic rings. The van der Waals surface area contributed by atoms with Crippen molar-refractivity contribution in [3.8, 4) is 5.75 Å². The molecule has 3 N–H and O–H groups in total. The minimum absolute atomic E-state index is 0.0118. The second kappa shape index (κ2) is 10.7. The maximum atomic E-state index is 13.2. The molecule has 0 heterocycles. The highest BCUT2D eigenvalue weighted by molar-refractivity contribution is 5.95. The fraction of sp³-hybridized carbons (Fsp3) is 0.348. The van der Waals surface area contributed by atoms with Gasteiger partial charge in [0, 0.05) is 24.2 Å². The van der Waals surface area contributed by atoms with Crippen molar-refractivity contribution in [3.05, 3.63) is 65.2 Å². The third-order valence-electron chi connectivity index (χ3n) is 5.32. The number of ether oxygens (including phenoxy) is 1. The zero-order valence-corrected chi connectivity index (χ0v) is 17.3. The average Bonchev–Trinajstić information content (AvgIpc) is 2.79. The third kappa shape index (κ3) is 6.26. The van der Waals surface area contributed by atoms with Crippen molar-refractivity contribution in [2.24, 2.45) is 5.92 Å². The lowest BCUT2D eigenvalue weighted by atomic mass is 9.87. The Morgan fingerprint density at radius 1 is 0.844 bits per heavy atom. The number of benzene rings is 2. The van der Waals surface area contributed by atoms with Gasteiger partial charge >= 0.3 is 5.97 Å². The summed E-state index contributed by atoms with van der Waals surface area (Å²) in [5.41, 5.74) is 0.404. The van der Waals surface area contributed by atoms with Crippen molar-refractivity contribution in [2.45, 2.75) is 31.8 Å². The van der Waals surface area contributed by atoms with Crippen LogP contribution in [0.15, 0.2) is 42.5 Å². The Hall–Kier alpha value is -3.49. The number of hydrogen-bond donors (Lipinski definition) is 3. The fourth-order valence-electron chi connectivity index (χ4n) is 3.50. The van der Waals surface area contributed by atoms with Crippen LogP contribution in [0.4, 0.5) is 8.78 Å². The molecule has 3 rings (SSSR count). The molecule has 0 aromatic heterocycles. The molecule has 0 bridgehead atoms. The van der Waals surface area contributed by atoms with Gasteiger partial charge in [-0.05, 0) is 68.1 Å². The van der Waals surface area contributed by atoms with E-state index in [2.05, 4.69) is 10.6 Å². The van der Waals surface area contributed by atoms with Crippen molar-refractivity contribution >= 4 is 17.8 Å². The first-order chi connectivity index (χ1) is 15.3. The summed E-state index contributed by atoms with van der Waals surface area (Å²) in [7, 11) is 0. The van der Waals surface area contributed by atoms with Crippen LogP contribution in [0.1, 0.15) is 46.4 Å². The predicted octanol–water partition coefficient (Wildman–Crippen LogP) is 3.15. The third-order valence-corrected chi connectivity index (χ3v) is 5.32. The van der Waals surface area contributed by atoms with E-state index in [0.29, 0.717) is 37.0 Å². The topological polar surface area (TPSA) is 105 Å². The van der Waals surface area contributed by atoms with Crippen LogP contribution in [-0.4, -0.2) is 42.1 Å². The van der Waals surface area contributed by atoms with Crippen molar-refractivity contribution in [2.75, 3.05) is 13.1 Å². The summed E-state index contributed by atoms with van der Waals surface area (Å²) in [5.74, 6) is -3.50. The van der Waals surface area contributed by atoms with Crippen LogP contribution >= 0.6 is 0 Å². The molecule has 32 heavy (non-hydrogen) atoms. The van der Waals surface area contributed by atoms with Crippen molar-refractivity contribution < 1.29 is 33.0 Å². The monoisotopic (exact) mass is 446 g/mol. The molecule has 1 saturated carbocycles. The Labute approximate surface area is 183 Å². The van der Waals surface area contributed by atoms with Crippen LogP contribution in [0, 0.1) is 17.6 Å². The molecule has 1 fully saturated rings. The molecular weight excluding hydrogens is 422 g/mol. The Bertz CT molecular complexity index is 973. The van der Waals surface area contributed by atoms with Crippen molar-refractivity contribution in [1.82, 2.24) is 10.6 Å². The summed E-state index contributed by atoms with van der Waals surface area (Å²) in [6.07, 6.45) is 2.49. The van der Waals surface area contributed by atoms with E-state index in [9.17, 15) is 23.2 Å². The maximum absolute atomic E-state index is 13.2. The molecule has 9 heteroatoms. The first-order valence-corrected chi connectivity index (χ1v) is 10.3. The van der Waals surface area contributed by atoms with E-state index in [0.717, 1.165) is 12.1 Å². The van der Waals surface area contributed by atoms with E-state index in [-0.39, 0.29) is 36.6 Å². The van der Waals surface area contributed by atoms with Crippen LogP contribution < -0.4 is 15.4 Å². The summed E-state index contributed by atoms with van der Waals surface area (Å²) in [5, 5.41) is 14.2. The number of rotatable bonds is 8. The molecule has 1 aliphatic carbocycles. The molecule has 2 aromatic rings. The quantitative estimate of drug-likeness (QED) is 0.541. The number of nitrogens with one attached hydrogen (secondary N) is 2. The molecule has 0 aliphatic heterocycles. The van der Waals surface area contributed by atoms with Gasteiger partial charge in [0.15, 0.2) is 11.6 Å². The van der Waals surface area contributed by atoms with Crippen LogP contribution in [-0.2, 0) is 4.79 Å². The first kappa shape index (κ1) is 23.2. The lowest BCUT2D eigenvalue weighted by Crippen LogP contribution is -2.34. The predicted molar refractivity (Wildman–Crippen MR) is 111 cm³/mol.